The molecular formula is C101H62. The standard InChI is InChI=1S/C101H62/c1-2-50-37-17-38-21-44-26-47-24-41-18-35-11-32-13-39-22-45-25-43(20-37)67-77(50)66-34(1)29-63-59-30-48-27-42-19-36(51-4-8-57-60(15-32)64(39)85-72(45)88(67)97-93(66)84(63)71(48)87-68(42)78(51)82(57)94(85)98(87)97)12-33-14-40-23-46-28-49-31-62-54(59)6-10-55-56-7-3-53(38)80-70(44)90-74(47)89-69(41)79-52(35)5-9-58-61(16-33)65(40)86-73(46)91-75(49)92(76(55)62)96(81(56)80)100(90)101(91)99(89)95(86)83(58)79/h1,5,8-9,13,16,18-28,30-31,33,35-37,51,53,63,69-70,73-75,78-80,89-92H,2-4,6-7,10-12,14-15,17,29H2. The third-order valence-electron chi connectivity index (χ3n) is 36.3. The fraction of sp³-hybridized carbons (Fsp3) is 0.307. The van der Waals surface area contributed by atoms with Crippen molar-refractivity contribution in [3.05, 3.63) is 266 Å². The molecule has 8 aromatic rings. The van der Waals surface area contributed by atoms with E-state index in [1.54, 1.807) is 202 Å². The second kappa shape index (κ2) is 13.7. The molecule has 0 saturated heterocycles. The molecule has 37 rings (SSSR count). The van der Waals surface area contributed by atoms with Gasteiger partial charge in [0.15, 0.2) is 0 Å². The van der Waals surface area contributed by atoms with Crippen molar-refractivity contribution in [2.75, 3.05) is 0 Å². The van der Waals surface area contributed by atoms with E-state index in [-0.39, 0.29) is 0 Å². The van der Waals surface area contributed by atoms with Crippen LogP contribution in [-0.4, -0.2) is 0 Å². The molecule has 466 valence electrons. The van der Waals surface area contributed by atoms with Crippen LogP contribution in [0.15, 0.2) is 173 Å². The smallest absolute Gasteiger partial charge is 0.0179 e. The van der Waals surface area contributed by atoms with Crippen molar-refractivity contribution in [1.82, 2.24) is 0 Å². The molecular weight excluding hydrogens is 1210 g/mol. The van der Waals surface area contributed by atoms with Crippen molar-refractivity contribution in [3.63, 3.8) is 0 Å². The zero-order valence-corrected chi connectivity index (χ0v) is 55.9. The van der Waals surface area contributed by atoms with Gasteiger partial charge < -0.3 is 0 Å². The SMILES string of the molecule is C1=C2Cc3c4c5c6c7c3c1cc1cc3c8c9c%10c%11c%12c%13c%14cc%15c(c%13c6c%11c8c17)C5C(CC=4)C(C=%15)CC1C=c4c5c6c7c8c4=CC=C4C(C=C%11C=C%13C=C%15C=C%16CC(C=3)C=9CC=C%10CC%12C(=C%14)C3=C9C=C%10C=C(C=C5C1)C6C1C5=C7C(C%11C48)C%13C4C5=C5C6=C(CCC%16C6C%154)C(=C9C5C%101)CC3)C2. The summed E-state index contributed by atoms with van der Waals surface area (Å²) in [6, 6.07) is 8.57. The Labute approximate surface area is 580 Å². The van der Waals surface area contributed by atoms with E-state index in [0.29, 0.717) is 112 Å². The normalized spacial score (nSPS) is 39.0. The molecule has 29 aliphatic rings. The van der Waals surface area contributed by atoms with Crippen LogP contribution in [0.3, 0.4) is 0 Å². The van der Waals surface area contributed by atoms with Gasteiger partial charge in [-0.05, 0) is 406 Å². The van der Waals surface area contributed by atoms with E-state index in [4.69, 9.17) is 0 Å². The minimum Gasteiger partial charge on any atom is -0.0765 e. The number of hydrogen-bond acceptors (Lipinski definition) is 0. The monoisotopic (exact) mass is 1270 g/mol. The van der Waals surface area contributed by atoms with Crippen molar-refractivity contribution < 1.29 is 0 Å². The summed E-state index contributed by atoms with van der Waals surface area (Å²) in [6.07, 6.45) is 61.1. The van der Waals surface area contributed by atoms with E-state index in [0.717, 1.165) is 51.4 Å². The van der Waals surface area contributed by atoms with Crippen LogP contribution in [0.25, 0.3) is 129 Å². The lowest BCUT2D eigenvalue weighted by Gasteiger charge is -2.69. The molecule has 0 heterocycles. The van der Waals surface area contributed by atoms with Gasteiger partial charge in [0.25, 0.3) is 0 Å². The fourth-order valence-corrected chi connectivity index (χ4v) is 34.5. The average Bonchev–Trinajstić information content (AvgIpc) is 0.637. The largest absolute Gasteiger partial charge is 0.0765 e. The zero-order valence-electron chi connectivity index (χ0n) is 55.9. The van der Waals surface area contributed by atoms with Crippen LogP contribution in [-0.2, 0) is 6.42 Å². The topological polar surface area (TPSA) is 0 Å². The molecule has 19 atom stereocenters. The highest BCUT2D eigenvalue weighted by Gasteiger charge is 2.71. The Hall–Kier alpha value is -9.10. The van der Waals surface area contributed by atoms with Gasteiger partial charge >= 0.3 is 0 Å². The third-order valence-corrected chi connectivity index (χ3v) is 36.3. The van der Waals surface area contributed by atoms with Crippen LogP contribution in [0.5, 0.6) is 0 Å². The Bertz CT molecular complexity index is 7450. The van der Waals surface area contributed by atoms with Gasteiger partial charge in [-0.25, -0.2) is 0 Å². The molecule has 29 bridgehead atoms. The summed E-state index contributed by atoms with van der Waals surface area (Å²) in [6.45, 7) is 0. The number of benzene rings is 8. The molecule has 8 aromatic carbocycles. The quantitative estimate of drug-likeness (QED) is 0.105. The molecule has 0 aliphatic heterocycles. The first-order valence-corrected chi connectivity index (χ1v) is 40.5. The number of allylic oxidation sites excluding steroid dienone is 30. The summed E-state index contributed by atoms with van der Waals surface area (Å²) in [5, 5.41) is 29.7. The molecule has 0 spiro atoms. The van der Waals surface area contributed by atoms with Gasteiger partial charge in [0, 0.05) is 59.2 Å². The van der Waals surface area contributed by atoms with Crippen LogP contribution in [0, 0.1) is 88.8 Å². The van der Waals surface area contributed by atoms with Crippen molar-refractivity contribution in [1.29, 1.82) is 0 Å². The van der Waals surface area contributed by atoms with Crippen molar-refractivity contribution >= 4 is 129 Å². The predicted molar refractivity (Wildman–Crippen MR) is 404 cm³/mol. The van der Waals surface area contributed by atoms with E-state index in [2.05, 4.69) is 115 Å². The van der Waals surface area contributed by atoms with Gasteiger partial charge in [-0.2, -0.15) is 0 Å². The van der Waals surface area contributed by atoms with Crippen molar-refractivity contribution in [2.45, 2.75) is 101 Å². The molecule has 19 unspecified atom stereocenters. The summed E-state index contributed by atoms with van der Waals surface area (Å²) in [7, 11) is 0. The maximum Gasteiger partial charge on any atom is 0.0179 e. The Morgan fingerprint density at radius 2 is 1.28 bits per heavy atom. The summed E-state index contributed by atoms with van der Waals surface area (Å²) in [5.74, 6) is 8.41. The maximum atomic E-state index is 3.02. The number of fused-ring (bicyclic) bond motifs is 3. The molecule has 0 saturated carbocycles. The van der Waals surface area contributed by atoms with Gasteiger partial charge in [0.05, 0.1) is 0 Å². The molecule has 0 radical (unpaired) electrons. The highest BCUT2D eigenvalue weighted by Crippen LogP contribution is 2.82. The fourth-order valence-electron chi connectivity index (χ4n) is 34.5. The summed E-state index contributed by atoms with van der Waals surface area (Å²) in [4.78, 5) is 0. The Morgan fingerprint density at radius 1 is 0.426 bits per heavy atom. The van der Waals surface area contributed by atoms with E-state index < -0.39 is 0 Å². The zero-order chi connectivity index (χ0) is 62.3. The van der Waals surface area contributed by atoms with Crippen LogP contribution >= 0.6 is 0 Å². The number of rotatable bonds is 0. The van der Waals surface area contributed by atoms with Gasteiger partial charge in [-0.1, -0.05) is 120 Å². The Morgan fingerprint density at radius 3 is 2.28 bits per heavy atom. The summed E-state index contributed by atoms with van der Waals surface area (Å²) in [5.41, 5.74) is 58.5. The molecule has 0 heteroatoms. The van der Waals surface area contributed by atoms with E-state index in [9.17, 15) is 0 Å². The Balaban J connectivity index is 0.850. The first kappa shape index (κ1) is 47.2. The van der Waals surface area contributed by atoms with Crippen LogP contribution in [0.2, 0.25) is 0 Å². The van der Waals surface area contributed by atoms with E-state index in [1.807, 2.05) is 66.8 Å². The van der Waals surface area contributed by atoms with Gasteiger partial charge in [-0.15, -0.1) is 0 Å². The lowest BCUT2D eigenvalue weighted by Crippen LogP contribution is -2.61. The van der Waals surface area contributed by atoms with Crippen molar-refractivity contribution in [2.24, 2.45) is 88.8 Å². The molecule has 0 amide bonds. The second-order valence-corrected chi connectivity index (χ2v) is 38.6. The number of hydrogen-bond donors (Lipinski definition) is 0. The summed E-state index contributed by atoms with van der Waals surface area (Å²) >= 11 is 0. The minimum absolute atomic E-state index is 0.302. The highest BCUT2D eigenvalue weighted by molar-refractivity contribution is 6.47. The van der Waals surface area contributed by atoms with Crippen LogP contribution in [0.4, 0.5) is 0 Å². The molecule has 0 nitrogen and oxygen atoms in total. The van der Waals surface area contributed by atoms with Crippen LogP contribution < -0.4 is 31.3 Å². The molecule has 101 heavy (non-hydrogen) atoms. The van der Waals surface area contributed by atoms with E-state index >= 15 is 0 Å². The summed E-state index contributed by atoms with van der Waals surface area (Å²) < 4.78 is 0. The van der Waals surface area contributed by atoms with Crippen molar-refractivity contribution in [3.8, 4) is 0 Å². The second-order valence-electron chi connectivity index (χ2n) is 38.6. The Kier molecular flexibility index (Phi) is 6.38. The van der Waals surface area contributed by atoms with Crippen LogP contribution in [0.1, 0.15) is 155 Å². The first-order chi connectivity index (χ1) is 50.1. The molecule has 0 N–H and O–H groups in total. The van der Waals surface area contributed by atoms with Gasteiger partial charge in [-0.3, -0.25) is 0 Å². The lowest BCUT2D eigenvalue weighted by atomic mass is 9.34. The molecule has 29 aliphatic carbocycles. The van der Waals surface area contributed by atoms with E-state index in [1.165, 1.54) is 36.6 Å². The molecule has 0 fully saturated rings. The van der Waals surface area contributed by atoms with Gasteiger partial charge in [0.2, 0.25) is 0 Å². The minimum atomic E-state index is 0.302. The predicted octanol–water partition coefficient (Wildman–Crippen LogP) is 17.3. The lowest BCUT2D eigenvalue weighted by molar-refractivity contribution is 0.116. The highest BCUT2D eigenvalue weighted by atomic mass is 14.7. The molecule has 0 aromatic heterocycles. The first-order valence-electron chi connectivity index (χ1n) is 40.5. The maximum absolute atomic E-state index is 3.02. The average molecular weight is 1280 g/mol. The third kappa shape index (κ3) is 4.15. The van der Waals surface area contributed by atoms with Gasteiger partial charge in [0.1, 0.15) is 0 Å².